The molecule has 1 aliphatic carbocycles. The molecule has 8 nitrogen and oxygen atoms in total. The Hall–Kier alpha value is -2.90. The molecule has 3 fully saturated rings. The SMILES string of the molecule is C[C@]1(C2CCCCC2)NC(=O)N(CC(=O)Nc2ccc(N3CCCC3=O)cc2)C1=O. The van der Waals surface area contributed by atoms with Crippen LogP contribution in [0, 0.1) is 5.92 Å². The molecule has 0 spiro atoms. The normalized spacial score (nSPS) is 25.0. The lowest BCUT2D eigenvalue weighted by atomic mass is 9.75. The summed E-state index contributed by atoms with van der Waals surface area (Å²) in [6, 6.07) is 6.50. The molecule has 0 bridgehead atoms. The summed E-state index contributed by atoms with van der Waals surface area (Å²) in [6.07, 6.45) is 6.51. The first-order valence-electron chi connectivity index (χ1n) is 10.7. The van der Waals surface area contributed by atoms with Crippen LogP contribution in [0.5, 0.6) is 0 Å². The Morgan fingerprint density at radius 3 is 2.43 bits per heavy atom. The highest BCUT2D eigenvalue weighted by atomic mass is 16.2. The van der Waals surface area contributed by atoms with Crippen molar-refractivity contribution in [3.63, 3.8) is 0 Å². The van der Waals surface area contributed by atoms with Crippen LogP contribution < -0.4 is 15.5 Å². The molecule has 30 heavy (non-hydrogen) atoms. The summed E-state index contributed by atoms with van der Waals surface area (Å²) in [7, 11) is 0. The second-order valence-electron chi connectivity index (χ2n) is 8.60. The van der Waals surface area contributed by atoms with E-state index in [0.717, 1.165) is 49.1 Å². The average molecular weight is 412 g/mol. The minimum atomic E-state index is -0.929. The number of carbonyl (C=O) groups is 4. The van der Waals surface area contributed by atoms with Gasteiger partial charge in [0.25, 0.3) is 5.91 Å². The van der Waals surface area contributed by atoms with Crippen LogP contribution in [-0.2, 0) is 14.4 Å². The van der Waals surface area contributed by atoms with Crippen LogP contribution in [0.3, 0.4) is 0 Å². The van der Waals surface area contributed by atoms with Crippen molar-refractivity contribution in [1.82, 2.24) is 10.2 Å². The number of anilines is 2. The molecule has 1 atom stereocenters. The van der Waals surface area contributed by atoms with E-state index in [-0.39, 0.29) is 24.3 Å². The largest absolute Gasteiger partial charge is 0.325 e. The molecule has 2 aliphatic heterocycles. The van der Waals surface area contributed by atoms with Gasteiger partial charge in [0, 0.05) is 24.3 Å². The zero-order valence-electron chi connectivity index (χ0n) is 17.3. The van der Waals surface area contributed by atoms with Crippen molar-refractivity contribution in [2.45, 2.75) is 57.4 Å². The van der Waals surface area contributed by atoms with Crippen LogP contribution in [0.1, 0.15) is 51.9 Å². The third-order valence-electron chi connectivity index (χ3n) is 6.56. The number of imide groups is 1. The molecule has 0 radical (unpaired) electrons. The minimum Gasteiger partial charge on any atom is -0.325 e. The fourth-order valence-corrected chi connectivity index (χ4v) is 4.81. The van der Waals surface area contributed by atoms with Crippen molar-refractivity contribution in [1.29, 1.82) is 0 Å². The molecule has 8 heteroatoms. The maximum absolute atomic E-state index is 13.0. The van der Waals surface area contributed by atoms with E-state index >= 15 is 0 Å². The predicted molar refractivity (Wildman–Crippen MR) is 112 cm³/mol. The fourth-order valence-electron chi connectivity index (χ4n) is 4.81. The van der Waals surface area contributed by atoms with Gasteiger partial charge in [-0.2, -0.15) is 0 Å². The zero-order chi connectivity index (χ0) is 21.3. The quantitative estimate of drug-likeness (QED) is 0.727. The lowest BCUT2D eigenvalue weighted by Gasteiger charge is -2.34. The number of rotatable bonds is 5. The fraction of sp³-hybridized carbons (Fsp3) is 0.545. The summed E-state index contributed by atoms with van der Waals surface area (Å²) in [6.45, 7) is 2.16. The predicted octanol–water partition coefficient (Wildman–Crippen LogP) is 2.64. The Balaban J connectivity index is 1.37. The highest BCUT2D eigenvalue weighted by Crippen LogP contribution is 2.36. The summed E-state index contributed by atoms with van der Waals surface area (Å²) in [5.41, 5.74) is 0.423. The summed E-state index contributed by atoms with van der Waals surface area (Å²) in [5.74, 6) is -0.545. The van der Waals surface area contributed by atoms with Crippen LogP contribution in [-0.4, -0.2) is 47.3 Å². The molecule has 1 aromatic carbocycles. The third-order valence-corrected chi connectivity index (χ3v) is 6.56. The Morgan fingerprint density at radius 1 is 1.10 bits per heavy atom. The van der Waals surface area contributed by atoms with Crippen molar-refractivity contribution in [3.8, 4) is 0 Å². The molecule has 0 unspecified atom stereocenters. The van der Waals surface area contributed by atoms with Gasteiger partial charge >= 0.3 is 6.03 Å². The Morgan fingerprint density at radius 2 is 1.80 bits per heavy atom. The van der Waals surface area contributed by atoms with Gasteiger partial charge in [0.05, 0.1) is 0 Å². The van der Waals surface area contributed by atoms with E-state index in [2.05, 4.69) is 10.6 Å². The third kappa shape index (κ3) is 3.78. The van der Waals surface area contributed by atoms with Gasteiger partial charge in [0.1, 0.15) is 12.1 Å². The van der Waals surface area contributed by atoms with E-state index in [1.54, 1.807) is 36.1 Å². The Bertz CT molecular complexity index is 862. The highest BCUT2D eigenvalue weighted by Gasteiger charge is 2.52. The topological polar surface area (TPSA) is 98.8 Å². The summed E-state index contributed by atoms with van der Waals surface area (Å²) < 4.78 is 0. The zero-order valence-corrected chi connectivity index (χ0v) is 17.3. The van der Waals surface area contributed by atoms with E-state index in [1.165, 1.54) is 0 Å². The molecule has 2 heterocycles. The first kappa shape index (κ1) is 20.4. The summed E-state index contributed by atoms with van der Waals surface area (Å²) >= 11 is 0. The van der Waals surface area contributed by atoms with Gasteiger partial charge in [0.15, 0.2) is 0 Å². The molecule has 2 saturated heterocycles. The van der Waals surface area contributed by atoms with Crippen LogP contribution in [0.25, 0.3) is 0 Å². The lowest BCUT2D eigenvalue weighted by Crippen LogP contribution is -2.51. The molecule has 2 N–H and O–H groups in total. The average Bonchev–Trinajstić information content (AvgIpc) is 3.26. The van der Waals surface area contributed by atoms with Gasteiger partial charge in [-0.3, -0.25) is 19.3 Å². The van der Waals surface area contributed by atoms with Crippen LogP contribution in [0.2, 0.25) is 0 Å². The molecule has 3 aliphatic rings. The van der Waals surface area contributed by atoms with Gasteiger partial charge < -0.3 is 15.5 Å². The van der Waals surface area contributed by atoms with E-state index in [1.807, 2.05) is 0 Å². The maximum atomic E-state index is 13.0. The van der Waals surface area contributed by atoms with Gasteiger partial charge in [-0.1, -0.05) is 19.3 Å². The van der Waals surface area contributed by atoms with Crippen molar-refractivity contribution in [2.24, 2.45) is 5.92 Å². The molecular weight excluding hydrogens is 384 g/mol. The standard InChI is InChI=1S/C22H28N4O4/c1-22(15-6-3-2-4-7-15)20(29)26(21(30)24-22)14-18(27)23-16-9-11-17(12-10-16)25-13-5-8-19(25)28/h9-12,15H,2-8,13-14H2,1H3,(H,23,27)(H,24,30)/t22-/m1/s1. The van der Waals surface area contributed by atoms with Crippen LogP contribution in [0.4, 0.5) is 16.2 Å². The number of benzene rings is 1. The van der Waals surface area contributed by atoms with Crippen LogP contribution >= 0.6 is 0 Å². The lowest BCUT2D eigenvalue weighted by molar-refractivity contribution is -0.135. The number of nitrogens with zero attached hydrogens (tertiary/aromatic N) is 2. The number of nitrogens with one attached hydrogen (secondary N) is 2. The maximum Gasteiger partial charge on any atom is 0.325 e. The minimum absolute atomic E-state index is 0.103. The van der Waals surface area contributed by atoms with E-state index in [0.29, 0.717) is 18.7 Å². The van der Waals surface area contributed by atoms with E-state index < -0.39 is 17.5 Å². The Labute approximate surface area is 176 Å². The van der Waals surface area contributed by atoms with Crippen molar-refractivity contribution >= 4 is 35.1 Å². The Kier molecular flexibility index (Phi) is 5.49. The van der Waals surface area contributed by atoms with Crippen molar-refractivity contribution in [3.05, 3.63) is 24.3 Å². The molecular formula is C22H28N4O4. The number of urea groups is 1. The molecule has 1 saturated carbocycles. The van der Waals surface area contributed by atoms with Gasteiger partial charge in [-0.25, -0.2) is 4.79 Å². The van der Waals surface area contributed by atoms with Gasteiger partial charge in [0.2, 0.25) is 11.8 Å². The highest BCUT2D eigenvalue weighted by molar-refractivity contribution is 6.10. The molecule has 4 rings (SSSR count). The number of amides is 5. The van der Waals surface area contributed by atoms with Gasteiger partial charge in [-0.15, -0.1) is 0 Å². The van der Waals surface area contributed by atoms with Crippen LogP contribution in [0.15, 0.2) is 24.3 Å². The molecule has 0 aromatic heterocycles. The number of carbonyl (C=O) groups excluding carboxylic acids is 4. The van der Waals surface area contributed by atoms with Gasteiger partial charge in [-0.05, 0) is 56.4 Å². The monoisotopic (exact) mass is 412 g/mol. The van der Waals surface area contributed by atoms with Crippen molar-refractivity contribution < 1.29 is 19.2 Å². The molecule has 5 amide bonds. The first-order valence-corrected chi connectivity index (χ1v) is 10.7. The number of hydrogen-bond donors (Lipinski definition) is 2. The van der Waals surface area contributed by atoms with Crippen molar-refractivity contribution in [2.75, 3.05) is 23.3 Å². The smallest absolute Gasteiger partial charge is 0.325 e. The number of hydrogen-bond acceptors (Lipinski definition) is 4. The summed E-state index contributed by atoms with van der Waals surface area (Å²) in [5, 5.41) is 5.56. The van der Waals surface area contributed by atoms with E-state index in [9.17, 15) is 19.2 Å². The second kappa shape index (κ2) is 8.08. The first-order chi connectivity index (χ1) is 14.4. The molecule has 1 aromatic rings. The summed E-state index contributed by atoms with van der Waals surface area (Å²) in [4.78, 5) is 52.5. The second-order valence-corrected chi connectivity index (χ2v) is 8.60. The van der Waals surface area contributed by atoms with E-state index in [4.69, 9.17) is 0 Å². The molecule has 160 valence electrons.